The van der Waals surface area contributed by atoms with Crippen LogP contribution in [-0.4, -0.2) is 23.6 Å². The molecular weight excluding hydrogens is 238 g/mol. The molecule has 4 nitrogen and oxygen atoms in total. The number of nitrogens with one attached hydrogen (secondary N) is 1. The highest BCUT2D eigenvalue weighted by molar-refractivity contribution is 5.26. The van der Waals surface area contributed by atoms with Crippen LogP contribution >= 0.6 is 0 Å². The lowest BCUT2D eigenvalue weighted by Crippen LogP contribution is -2.24. The van der Waals surface area contributed by atoms with Crippen LogP contribution in [0.4, 0.5) is 0 Å². The maximum atomic E-state index is 5.20. The van der Waals surface area contributed by atoms with E-state index in [0.717, 1.165) is 18.7 Å². The Labute approximate surface area is 115 Å². The normalized spacial score (nSPS) is 17.5. The molecule has 4 heteroatoms. The number of nitrogens with zero attached hydrogens (tertiary/aromatic N) is 2. The van der Waals surface area contributed by atoms with Gasteiger partial charge in [0.1, 0.15) is 6.33 Å². The monoisotopic (exact) mass is 261 g/mol. The molecule has 1 aromatic heterocycles. The van der Waals surface area contributed by atoms with Gasteiger partial charge in [0.25, 0.3) is 0 Å². The van der Waals surface area contributed by atoms with E-state index in [9.17, 15) is 0 Å². The molecule has 0 fully saturated rings. The van der Waals surface area contributed by atoms with Crippen molar-refractivity contribution >= 4 is 0 Å². The molecule has 2 rings (SSSR count). The third-order valence-electron chi connectivity index (χ3n) is 3.52. The summed E-state index contributed by atoms with van der Waals surface area (Å²) in [7, 11) is 1.64. The number of ether oxygens (including phenoxy) is 1. The van der Waals surface area contributed by atoms with Gasteiger partial charge in [0.05, 0.1) is 18.8 Å². The molecule has 0 bridgehead atoms. The van der Waals surface area contributed by atoms with Crippen molar-refractivity contribution in [2.45, 2.75) is 45.1 Å². The molecular formula is C15H23N3O. The van der Waals surface area contributed by atoms with Gasteiger partial charge in [-0.1, -0.05) is 25.0 Å². The summed E-state index contributed by atoms with van der Waals surface area (Å²) < 4.78 is 5.20. The summed E-state index contributed by atoms with van der Waals surface area (Å²) in [6.45, 7) is 3.05. The third-order valence-corrected chi connectivity index (χ3v) is 3.52. The zero-order valence-electron chi connectivity index (χ0n) is 11.9. The number of rotatable bonds is 5. The maximum absolute atomic E-state index is 5.20. The minimum Gasteiger partial charge on any atom is -0.481 e. The predicted molar refractivity (Wildman–Crippen MR) is 76.2 cm³/mol. The lowest BCUT2D eigenvalue weighted by molar-refractivity contribution is 0.394. The molecule has 0 saturated carbocycles. The summed E-state index contributed by atoms with van der Waals surface area (Å²) in [5.41, 5.74) is 2.46. The minimum absolute atomic E-state index is 0.194. The van der Waals surface area contributed by atoms with Crippen LogP contribution in [0, 0.1) is 0 Å². The largest absolute Gasteiger partial charge is 0.481 e. The molecule has 19 heavy (non-hydrogen) atoms. The predicted octanol–water partition coefficient (Wildman–Crippen LogP) is 3.03. The first-order chi connectivity index (χ1) is 9.35. The lowest BCUT2D eigenvalue weighted by Gasteiger charge is -2.20. The molecule has 0 aliphatic heterocycles. The van der Waals surface area contributed by atoms with Gasteiger partial charge < -0.3 is 10.1 Å². The Morgan fingerprint density at radius 2 is 2.21 bits per heavy atom. The van der Waals surface area contributed by atoms with Crippen LogP contribution in [0.1, 0.15) is 50.8 Å². The second kappa shape index (κ2) is 7.24. The molecule has 1 atom stereocenters. The smallest absolute Gasteiger partial charge is 0.216 e. The fourth-order valence-corrected chi connectivity index (χ4v) is 2.55. The highest BCUT2D eigenvalue weighted by atomic mass is 16.5. The zero-order valence-corrected chi connectivity index (χ0v) is 11.9. The van der Waals surface area contributed by atoms with Crippen molar-refractivity contribution in [3.63, 3.8) is 0 Å². The summed E-state index contributed by atoms with van der Waals surface area (Å²) in [6, 6.07) is 2.12. The van der Waals surface area contributed by atoms with Gasteiger partial charge in [-0.15, -0.1) is 0 Å². The second-order valence-electron chi connectivity index (χ2n) is 4.85. The van der Waals surface area contributed by atoms with Crippen LogP contribution in [0.15, 0.2) is 24.0 Å². The SMILES string of the molecule is CCNC(C1=CCCCCC1)c1cc(OC)ncn1. The molecule has 1 aliphatic carbocycles. The van der Waals surface area contributed by atoms with Crippen molar-refractivity contribution in [2.24, 2.45) is 0 Å². The maximum Gasteiger partial charge on any atom is 0.216 e. The Morgan fingerprint density at radius 1 is 1.32 bits per heavy atom. The highest BCUT2D eigenvalue weighted by Crippen LogP contribution is 2.29. The molecule has 1 unspecified atom stereocenters. The molecule has 0 amide bonds. The summed E-state index contributed by atoms with van der Waals surface area (Å²) in [6.07, 6.45) is 10.2. The average Bonchev–Trinajstić information content (AvgIpc) is 2.74. The minimum atomic E-state index is 0.194. The first-order valence-corrected chi connectivity index (χ1v) is 7.13. The van der Waals surface area contributed by atoms with Crippen LogP contribution < -0.4 is 10.1 Å². The van der Waals surface area contributed by atoms with E-state index in [1.54, 1.807) is 13.4 Å². The topological polar surface area (TPSA) is 47.0 Å². The number of methoxy groups -OCH3 is 1. The summed E-state index contributed by atoms with van der Waals surface area (Å²) >= 11 is 0. The van der Waals surface area contributed by atoms with Crippen molar-refractivity contribution in [1.82, 2.24) is 15.3 Å². The van der Waals surface area contributed by atoms with Gasteiger partial charge in [-0.2, -0.15) is 0 Å². The van der Waals surface area contributed by atoms with Gasteiger partial charge in [0.15, 0.2) is 0 Å². The Balaban J connectivity index is 2.24. The van der Waals surface area contributed by atoms with E-state index in [-0.39, 0.29) is 6.04 Å². The highest BCUT2D eigenvalue weighted by Gasteiger charge is 2.18. The summed E-state index contributed by atoms with van der Waals surface area (Å²) in [4.78, 5) is 8.50. The number of hydrogen-bond donors (Lipinski definition) is 1. The molecule has 0 aromatic carbocycles. The van der Waals surface area contributed by atoms with Gasteiger partial charge in [0.2, 0.25) is 5.88 Å². The number of hydrogen-bond acceptors (Lipinski definition) is 4. The Kier molecular flexibility index (Phi) is 5.33. The van der Waals surface area contributed by atoms with Crippen LogP contribution in [0.2, 0.25) is 0 Å². The average molecular weight is 261 g/mol. The van der Waals surface area contributed by atoms with Gasteiger partial charge in [0, 0.05) is 6.07 Å². The second-order valence-corrected chi connectivity index (χ2v) is 4.85. The van der Waals surface area contributed by atoms with Gasteiger partial charge in [-0.25, -0.2) is 9.97 Å². The van der Waals surface area contributed by atoms with Crippen LogP contribution in [0.5, 0.6) is 5.88 Å². The van der Waals surface area contributed by atoms with Crippen molar-refractivity contribution in [3.8, 4) is 5.88 Å². The van der Waals surface area contributed by atoms with E-state index in [0.29, 0.717) is 5.88 Å². The molecule has 0 spiro atoms. The van der Waals surface area contributed by atoms with Crippen molar-refractivity contribution in [2.75, 3.05) is 13.7 Å². The van der Waals surface area contributed by atoms with Crippen molar-refractivity contribution in [3.05, 3.63) is 29.7 Å². The fraction of sp³-hybridized carbons (Fsp3) is 0.600. The van der Waals surface area contributed by atoms with Crippen molar-refractivity contribution < 1.29 is 4.74 Å². The lowest BCUT2D eigenvalue weighted by atomic mass is 9.99. The van der Waals surface area contributed by atoms with Crippen LogP contribution in [0.25, 0.3) is 0 Å². The molecule has 1 aliphatic rings. The van der Waals surface area contributed by atoms with E-state index in [1.165, 1.54) is 31.3 Å². The van der Waals surface area contributed by atoms with Crippen molar-refractivity contribution in [1.29, 1.82) is 0 Å². The number of likely N-dealkylation sites (N-methyl/N-ethyl adjacent to an activating group) is 1. The van der Waals surface area contributed by atoms with E-state index < -0.39 is 0 Å². The van der Waals surface area contributed by atoms with Crippen LogP contribution in [0.3, 0.4) is 0 Å². The molecule has 0 radical (unpaired) electrons. The number of aromatic nitrogens is 2. The first-order valence-electron chi connectivity index (χ1n) is 7.13. The fourth-order valence-electron chi connectivity index (χ4n) is 2.55. The van der Waals surface area contributed by atoms with E-state index in [1.807, 2.05) is 6.07 Å². The first kappa shape index (κ1) is 14.0. The quantitative estimate of drug-likeness (QED) is 0.828. The molecule has 1 aromatic rings. The molecule has 0 saturated heterocycles. The molecule has 1 N–H and O–H groups in total. The van der Waals surface area contributed by atoms with Gasteiger partial charge in [-0.3, -0.25) is 0 Å². The van der Waals surface area contributed by atoms with Crippen LogP contribution in [-0.2, 0) is 0 Å². The van der Waals surface area contributed by atoms with E-state index >= 15 is 0 Å². The Morgan fingerprint density at radius 3 is 3.00 bits per heavy atom. The summed E-state index contributed by atoms with van der Waals surface area (Å²) in [5.74, 6) is 0.627. The molecule has 1 heterocycles. The third kappa shape index (κ3) is 3.77. The van der Waals surface area contributed by atoms with E-state index in [2.05, 4.69) is 28.3 Å². The number of allylic oxidation sites excluding steroid dienone is 1. The van der Waals surface area contributed by atoms with Gasteiger partial charge >= 0.3 is 0 Å². The summed E-state index contributed by atoms with van der Waals surface area (Å²) in [5, 5.41) is 3.53. The Hall–Kier alpha value is -1.42. The Bertz CT molecular complexity index is 431. The molecule has 104 valence electrons. The standard InChI is InChI=1S/C15H23N3O/c1-3-16-15(12-8-6-4-5-7-9-12)13-10-14(19-2)18-11-17-13/h8,10-11,15-16H,3-7,9H2,1-2H3. The van der Waals surface area contributed by atoms with E-state index in [4.69, 9.17) is 4.74 Å². The van der Waals surface area contributed by atoms with Gasteiger partial charge in [-0.05, 0) is 32.2 Å². The zero-order chi connectivity index (χ0) is 13.5.